The third-order valence-electron chi connectivity index (χ3n) is 3.11. The number of pyridine rings is 1. The Morgan fingerprint density at radius 3 is 2.89 bits per heavy atom. The number of imidazole rings is 1. The molecule has 2 N–H and O–H groups in total. The zero-order valence-electron chi connectivity index (χ0n) is 10.3. The van der Waals surface area contributed by atoms with Gasteiger partial charge in [0.2, 0.25) is 5.95 Å². The zero-order valence-corrected chi connectivity index (χ0v) is 11.0. The quantitative estimate of drug-likeness (QED) is 0.798. The highest BCUT2D eigenvalue weighted by Gasteiger charge is 2.10. The number of nitrogen functional groups attached to an aromatic ring is 1. The second-order valence-corrected chi connectivity index (χ2v) is 4.75. The van der Waals surface area contributed by atoms with Crippen molar-refractivity contribution in [2.24, 2.45) is 0 Å². The molecular weight excluding hydrogens is 260 g/mol. The Morgan fingerprint density at radius 1 is 1.21 bits per heavy atom. The Hall–Kier alpha value is -2.07. The van der Waals surface area contributed by atoms with Gasteiger partial charge in [-0.1, -0.05) is 23.7 Å². The molecule has 1 aromatic carbocycles. The third-order valence-corrected chi connectivity index (χ3v) is 3.41. The standard InChI is InChI=1S/C14H13ClN4/c15-11-4-1-5-12-13(11)18-14(16)19(12)8-6-10-3-2-7-17-9-10/h1-5,7,9H,6,8H2,(H2,16,18). The van der Waals surface area contributed by atoms with E-state index in [1.54, 1.807) is 6.20 Å². The van der Waals surface area contributed by atoms with Gasteiger partial charge in [-0.25, -0.2) is 4.98 Å². The predicted molar refractivity (Wildman–Crippen MR) is 77.1 cm³/mol. The summed E-state index contributed by atoms with van der Waals surface area (Å²) in [5.41, 5.74) is 8.86. The van der Waals surface area contributed by atoms with E-state index < -0.39 is 0 Å². The lowest BCUT2D eigenvalue weighted by molar-refractivity contribution is 0.724. The van der Waals surface area contributed by atoms with Crippen LogP contribution in [0.4, 0.5) is 5.95 Å². The fourth-order valence-electron chi connectivity index (χ4n) is 2.15. The van der Waals surface area contributed by atoms with Gasteiger partial charge < -0.3 is 10.3 Å². The van der Waals surface area contributed by atoms with Crippen molar-refractivity contribution in [2.45, 2.75) is 13.0 Å². The van der Waals surface area contributed by atoms with Crippen LogP contribution in [-0.4, -0.2) is 14.5 Å². The summed E-state index contributed by atoms with van der Waals surface area (Å²) in [6.45, 7) is 0.758. The van der Waals surface area contributed by atoms with Crippen molar-refractivity contribution in [3.63, 3.8) is 0 Å². The molecular formula is C14H13ClN4. The van der Waals surface area contributed by atoms with Crippen molar-refractivity contribution in [1.29, 1.82) is 0 Å². The summed E-state index contributed by atoms with van der Waals surface area (Å²) >= 11 is 6.12. The smallest absolute Gasteiger partial charge is 0.201 e. The van der Waals surface area contributed by atoms with Crippen molar-refractivity contribution in [2.75, 3.05) is 5.73 Å². The minimum atomic E-state index is 0.493. The van der Waals surface area contributed by atoms with Crippen LogP contribution in [0.2, 0.25) is 5.02 Å². The van der Waals surface area contributed by atoms with E-state index >= 15 is 0 Å². The Balaban J connectivity index is 1.93. The molecule has 3 rings (SSSR count). The van der Waals surface area contributed by atoms with Crippen molar-refractivity contribution < 1.29 is 0 Å². The van der Waals surface area contributed by atoms with Crippen LogP contribution in [-0.2, 0) is 13.0 Å². The first-order valence-electron chi connectivity index (χ1n) is 6.05. The number of fused-ring (bicyclic) bond motifs is 1. The average Bonchev–Trinajstić information content (AvgIpc) is 2.75. The molecule has 5 heteroatoms. The van der Waals surface area contributed by atoms with Crippen LogP contribution in [0.3, 0.4) is 0 Å². The van der Waals surface area contributed by atoms with Crippen LogP contribution < -0.4 is 5.73 Å². The molecule has 2 heterocycles. The molecule has 0 aliphatic heterocycles. The number of nitrogens with two attached hydrogens (primary N) is 1. The van der Waals surface area contributed by atoms with E-state index in [-0.39, 0.29) is 0 Å². The molecule has 0 amide bonds. The molecule has 4 nitrogen and oxygen atoms in total. The largest absolute Gasteiger partial charge is 0.369 e. The van der Waals surface area contributed by atoms with E-state index in [4.69, 9.17) is 17.3 Å². The van der Waals surface area contributed by atoms with Crippen molar-refractivity contribution in [3.8, 4) is 0 Å². The van der Waals surface area contributed by atoms with E-state index in [0.29, 0.717) is 11.0 Å². The van der Waals surface area contributed by atoms with Gasteiger partial charge in [0.15, 0.2) is 0 Å². The number of para-hydroxylation sites is 1. The molecule has 0 radical (unpaired) electrons. The Morgan fingerprint density at radius 2 is 2.11 bits per heavy atom. The number of hydrogen-bond acceptors (Lipinski definition) is 3. The summed E-state index contributed by atoms with van der Waals surface area (Å²) < 4.78 is 1.98. The first kappa shape index (κ1) is 12.0. The molecule has 2 aromatic heterocycles. The lowest BCUT2D eigenvalue weighted by Gasteiger charge is -2.06. The molecule has 96 valence electrons. The van der Waals surface area contributed by atoms with E-state index in [1.165, 1.54) is 5.56 Å². The summed E-state index contributed by atoms with van der Waals surface area (Å²) in [5, 5.41) is 0.629. The number of anilines is 1. The van der Waals surface area contributed by atoms with Gasteiger partial charge >= 0.3 is 0 Å². The van der Waals surface area contributed by atoms with Gasteiger partial charge in [-0.2, -0.15) is 0 Å². The molecule has 0 saturated heterocycles. The topological polar surface area (TPSA) is 56.7 Å². The van der Waals surface area contributed by atoms with Crippen LogP contribution in [0.25, 0.3) is 11.0 Å². The molecule has 0 atom stereocenters. The second-order valence-electron chi connectivity index (χ2n) is 4.34. The molecule has 0 saturated carbocycles. The number of aromatic nitrogens is 3. The zero-order chi connectivity index (χ0) is 13.2. The number of hydrogen-bond donors (Lipinski definition) is 1. The summed E-state index contributed by atoms with van der Waals surface area (Å²) in [5.74, 6) is 0.493. The fourth-order valence-corrected chi connectivity index (χ4v) is 2.36. The molecule has 3 aromatic rings. The van der Waals surface area contributed by atoms with E-state index in [0.717, 1.165) is 24.0 Å². The van der Waals surface area contributed by atoms with Crippen LogP contribution in [0.5, 0.6) is 0 Å². The first-order chi connectivity index (χ1) is 9.25. The summed E-state index contributed by atoms with van der Waals surface area (Å²) in [6, 6.07) is 9.69. The number of halogens is 1. The number of aryl methyl sites for hydroxylation is 2. The van der Waals surface area contributed by atoms with Crippen LogP contribution >= 0.6 is 11.6 Å². The van der Waals surface area contributed by atoms with E-state index in [9.17, 15) is 0 Å². The summed E-state index contributed by atoms with van der Waals surface area (Å²) in [6.07, 6.45) is 4.49. The van der Waals surface area contributed by atoms with Gasteiger partial charge in [0.05, 0.1) is 10.5 Å². The lowest BCUT2D eigenvalue weighted by atomic mass is 10.2. The molecule has 0 aliphatic carbocycles. The molecule has 0 unspecified atom stereocenters. The monoisotopic (exact) mass is 272 g/mol. The lowest BCUT2D eigenvalue weighted by Crippen LogP contribution is -2.05. The van der Waals surface area contributed by atoms with Gasteiger partial charge in [-0.05, 0) is 30.2 Å². The minimum absolute atomic E-state index is 0.493. The van der Waals surface area contributed by atoms with Gasteiger partial charge in [0, 0.05) is 18.9 Å². The van der Waals surface area contributed by atoms with Crippen molar-refractivity contribution >= 4 is 28.6 Å². The van der Waals surface area contributed by atoms with Crippen molar-refractivity contribution in [1.82, 2.24) is 14.5 Å². The van der Waals surface area contributed by atoms with Gasteiger partial charge in [0.25, 0.3) is 0 Å². The maximum absolute atomic E-state index is 6.12. The average molecular weight is 273 g/mol. The summed E-state index contributed by atoms with van der Waals surface area (Å²) in [4.78, 5) is 8.42. The Kier molecular flexibility index (Phi) is 3.09. The van der Waals surface area contributed by atoms with E-state index in [1.807, 2.05) is 35.0 Å². The highest BCUT2D eigenvalue weighted by Crippen LogP contribution is 2.25. The molecule has 0 spiro atoms. The van der Waals surface area contributed by atoms with Gasteiger partial charge in [-0.3, -0.25) is 4.98 Å². The number of rotatable bonds is 3. The Labute approximate surface area is 115 Å². The van der Waals surface area contributed by atoms with Gasteiger partial charge in [-0.15, -0.1) is 0 Å². The third kappa shape index (κ3) is 2.27. The highest BCUT2D eigenvalue weighted by atomic mass is 35.5. The first-order valence-corrected chi connectivity index (χ1v) is 6.42. The molecule has 0 fully saturated rings. The Bertz CT molecular complexity index is 706. The van der Waals surface area contributed by atoms with Crippen molar-refractivity contribution in [3.05, 3.63) is 53.3 Å². The minimum Gasteiger partial charge on any atom is -0.369 e. The number of benzene rings is 1. The molecule has 0 aliphatic rings. The molecule has 0 bridgehead atoms. The maximum atomic E-state index is 6.12. The normalized spacial score (nSPS) is 11.0. The van der Waals surface area contributed by atoms with Gasteiger partial charge in [0.1, 0.15) is 5.52 Å². The van der Waals surface area contributed by atoms with Crippen LogP contribution in [0.15, 0.2) is 42.7 Å². The SMILES string of the molecule is Nc1nc2c(Cl)cccc2n1CCc1cccnc1. The highest BCUT2D eigenvalue weighted by molar-refractivity contribution is 6.35. The fraction of sp³-hybridized carbons (Fsp3) is 0.143. The summed E-state index contributed by atoms with van der Waals surface area (Å²) in [7, 11) is 0. The van der Waals surface area contributed by atoms with E-state index in [2.05, 4.69) is 16.0 Å². The maximum Gasteiger partial charge on any atom is 0.201 e. The number of nitrogens with zero attached hydrogens (tertiary/aromatic N) is 3. The van der Waals surface area contributed by atoms with Crippen LogP contribution in [0.1, 0.15) is 5.56 Å². The predicted octanol–water partition coefficient (Wildman–Crippen LogP) is 2.91. The second kappa shape index (κ2) is 4.90. The molecule has 19 heavy (non-hydrogen) atoms. The van der Waals surface area contributed by atoms with Crippen LogP contribution in [0, 0.1) is 0 Å².